The Morgan fingerprint density at radius 1 is 1.25 bits per heavy atom. The number of allylic oxidation sites excluding steroid dienone is 2. The van der Waals surface area contributed by atoms with E-state index in [1.54, 1.807) is 4.90 Å². The van der Waals surface area contributed by atoms with Crippen molar-refractivity contribution in [1.29, 1.82) is 0 Å². The molecule has 3 rings (SSSR count). The molecule has 6 nitrogen and oxygen atoms in total. The smallest absolute Gasteiger partial charge is 0.417 e. The maximum Gasteiger partial charge on any atom is 0.417 e. The molecule has 2 heterocycles. The Kier molecular flexibility index (Phi) is 3.46. The molecule has 0 saturated carbocycles. The molecule has 0 spiro atoms. The van der Waals surface area contributed by atoms with Crippen LogP contribution in [-0.4, -0.2) is 53.4 Å². The molecule has 2 aliphatic heterocycles. The zero-order valence-corrected chi connectivity index (χ0v) is 11.3. The highest BCUT2D eigenvalue weighted by atomic mass is 16.6. The van der Waals surface area contributed by atoms with Crippen LogP contribution in [0.5, 0.6) is 0 Å². The Hall–Kier alpha value is -1.85. The van der Waals surface area contributed by atoms with Gasteiger partial charge in [-0.3, -0.25) is 9.59 Å². The molecule has 108 valence electrons. The second-order valence-electron chi connectivity index (χ2n) is 5.53. The molecule has 0 aromatic rings. The fourth-order valence-electron chi connectivity index (χ4n) is 3.15. The van der Waals surface area contributed by atoms with Crippen molar-refractivity contribution in [3.63, 3.8) is 0 Å². The van der Waals surface area contributed by atoms with Gasteiger partial charge in [-0.2, -0.15) is 0 Å². The summed E-state index contributed by atoms with van der Waals surface area (Å²) in [4.78, 5) is 38.5. The predicted molar refractivity (Wildman–Crippen MR) is 69.7 cm³/mol. The van der Waals surface area contributed by atoms with Crippen LogP contribution in [0.4, 0.5) is 4.79 Å². The Balaban J connectivity index is 1.61. The summed E-state index contributed by atoms with van der Waals surface area (Å²) in [6, 6.07) is -0.222. The summed E-state index contributed by atoms with van der Waals surface area (Å²) >= 11 is 0. The van der Waals surface area contributed by atoms with E-state index in [-0.39, 0.29) is 30.4 Å². The minimum atomic E-state index is -0.574. The fourth-order valence-corrected chi connectivity index (χ4v) is 3.15. The summed E-state index contributed by atoms with van der Waals surface area (Å²) in [5.41, 5.74) is 0. The van der Waals surface area contributed by atoms with Gasteiger partial charge >= 0.3 is 6.09 Å². The van der Waals surface area contributed by atoms with Crippen LogP contribution in [0.3, 0.4) is 0 Å². The van der Waals surface area contributed by atoms with Crippen LogP contribution in [0, 0.1) is 5.92 Å². The number of imide groups is 1. The highest BCUT2D eigenvalue weighted by molar-refractivity contribution is 5.98. The normalized spacial score (nSPS) is 30.0. The number of amides is 3. The third-order valence-corrected chi connectivity index (χ3v) is 4.24. The topological polar surface area (TPSA) is 66.9 Å². The molecule has 0 aromatic carbocycles. The van der Waals surface area contributed by atoms with Gasteiger partial charge in [-0.15, -0.1) is 0 Å². The fraction of sp³-hybridized carbons (Fsp3) is 0.643. The first-order chi connectivity index (χ1) is 9.66. The van der Waals surface area contributed by atoms with E-state index in [4.69, 9.17) is 4.74 Å². The van der Waals surface area contributed by atoms with Gasteiger partial charge in [0.1, 0.15) is 0 Å². The van der Waals surface area contributed by atoms with Crippen LogP contribution in [-0.2, 0) is 14.3 Å². The van der Waals surface area contributed by atoms with Gasteiger partial charge in [0, 0.05) is 19.0 Å². The van der Waals surface area contributed by atoms with Gasteiger partial charge in [0.15, 0.2) is 6.61 Å². The molecule has 2 saturated heterocycles. The van der Waals surface area contributed by atoms with Crippen molar-refractivity contribution < 1.29 is 19.1 Å². The Bertz CT molecular complexity index is 458. The maximum atomic E-state index is 12.4. The lowest BCUT2D eigenvalue weighted by Crippen LogP contribution is -2.43. The van der Waals surface area contributed by atoms with Gasteiger partial charge in [-0.05, 0) is 25.7 Å². The lowest BCUT2D eigenvalue weighted by Gasteiger charge is -2.25. The third-order valence-electron chi connectivity index (χ3n) is 4.24. The third kappa shape index (κ3) is 2.30. The lowest BCUT2D eigenvalue weighted by atomic mass is 9.93. The van der Waals surface area contributed by atoms with Crippen molar-refractivity contribution in [2.24, 2.45) is 5.92 Å². The van der Waals surface area contributed by atoms with E-state index in [9.17, 15) is 14.4 Å². The zero-order chi connectivity index (χ0) is 14.1. The second kappa shape index (κ2) is 5.26. The molecule has 1 aliphatic carbocycles. The monoisotopic (exact) mass is 278 g/mol. The standard InChI is InChI=1S/C14H18N2O4/c17-12-9-20-14(19)16(12)11-6-7-15(8-11)13(18)10-4-2-1-3-5-10/h1-2,10-11H,3-9H2. The summed E-state index contributed by atoms with van der Waals surface area (Å²) in [6.45, 7) is 0.886. The van der Waals surface area contributed by atoms with E-state index in [0.717, 1.165) is 19.3 Å². The van der Waals surface area contributed by atoms with Crippen molar-refractivity contribution in [3.05, 3.63) is 12.2 Å². The number of ether oxygens (including phenoxy) is 1. The number of likely N-dealkylation sites (tertiary alicyclic amines) is 1. The van der Waals surface area contributed by atoms with Crippen molar-refractivity contribution in [1.82, 2.24) is 9.80 Å². The van der Waals surface area contributed by atoms with Crippen LogP contribution in [0.25, 0.3) is 0 Å². The van der Waals surface area contributed by atoms with Crippen molar-refractivity contribution in [2.45, 2.75) is 31.7 Å². The number of carbonyl (C=O) groups excluding carboxylic acids is 3. The van der Waals surface area contributed by atoms with E-state index >= 15 is 0 Å². The molecular weight excluding hydrogens is 260 g/mol. The Morgan fingerprint density at radius 3 is 2.75 bits per heavy atom. The number of rotatable bonds is 2. The molecule has 0 aromatic heterocycles. The number of cyclic esters (lactones) is 1. The van der Waals surface area contributed by atoms with Crippen LogP contribution in [0.2, 0.25) is 0 Å². The summed E-state index contributed by atoms with van der Waals surface area (Å²) in [6.07, 6.45) is 6.87. The van der Waals surface area contributed by atoms with Crippen molar-refractivity contribution in [2.75, 3.05) is 19.7 Å². The highest BCUT2D eigenvalue weighted by Gasteiger charge is 2.41. The van der Waals surface area contributed by atoms with Gasteiger partial charge in [0.05, 0.1) is 6.04 Å². The van der Waals surface area contributed by atoms with Crippen LogP contribution in [0.15, 0.2) is 12.2 Å². The molecule has 0 radical (unpaired) electrons. The summed E-state index contributed by atoms with van der Waals surface area (Å²) in [7, 11) is 0. The van der Waals surface area contributed by atoms with E-state index in [1.165, 1.54) is 4.90 Å². The van der Waals surface area contributed by atoms with E-state index < -0.39 is 6.09 Å². The molecule has 2 fully saturated rings. The second-order valence-corrected chi connectivity index (χ2v) is 5.53. The Morgan fingerprint density at radius 2 is 2.10 bits per heavy atom. The average Bonchev–Trinajstić information content (AvgIpc) is 3.06. The quantitative estimate of drug-likeness (QED) is 0.705. The lowest BCUT2D eigenvalue weighted by molar-refractivity contribution is -0.135. The van der Waals surface area contributed by atoms with Crippen LogP contribution < -0.4 is 0 Å². The maximum absolute atomic E-state index is 12.4. The van der Waals surface area contributed by atoms with E-state index in [2.05, 4.69) is 12.2 Å². The van der Waals surface area contributed by atoms with Crippen LogP contribution >= 0.6 is 0 Å². The molecule has 0 N–H and O–H groups in total. The molecule has 3 amide bonds. The van der Waals surface area contributed by atoms with Gasteiger partial charge < -0.3 is 9.64 Å². The number of hydrogen-bond donors (Lipinski definition) is 0. The molecule has 6 heteroatoms. The average molecular weight is 278 g/mol. The zero-order valence-electron chi connectivity index (χ0n) is 11.3. The summed E-state index contributed by atoms with van der Waals surface area (Å²) in [5.74, 6) is -0.0910. The Labute approximate surface area is 117 Å². The minimum absolute atomic E-state index is 0.0555. The molecule has 3 aliphatic rings. The summed E-state index contributed by atoms with van der Waals surface area (Å²) < 4.78 is 4.73. The number of nitrogens with zero attached hydrogens (tertiary/aromatic N) is 2. The van der Waals surface area contributed by atoms with E-state index in [1.807, 2.05) is 0 Å². The summed E-state index contributed by atoms with van der Waals surface area (Å²) in [5, 5.41) is 0. The molecule has 0 bridgehead atoms. The number of hydrogen-bond acceptors (Lipinski definition) is 4. The molecular formula is C14H18N2O4. The minimum Gasteiger partial charge on any atom is -0.439 e. The van der Waals surface area contributed by atoms with Crippen molar-refractivity contribution >= 4 is 17.9 Å². The molecule has 2 unspecified atom stereocenters. The number of carbonyl (C=O) groups is 3. The largest absolute Gasteiger partial charge is 0.439 e. The first kappa shape index (κ1) is 13.1. The van der Waals surface area contributed by atoms with Gasteiger partial charge in [0.2, 0.25) is 5.91 Å². The van der Waals surface area contributed by atoms with Gasteiger partial charge in [-0.25, -0.2) is 9.69 Å². The highest BCUT2D eigenvalue weighted by Crippen LogP contribution is 2.25. The first-order valence-electron chi connectivity index (χ1n) is 7.09. The van der Waals surface area contributed by atoms with Gasteiger partial charge in [0.25, 0.3) is 5.91 Å². The van der Waals surface area contributed by atoms with Crippen molar-refractivity contribution in [3.8, 4) is 0 Å². The SMILES string of the molecule is O=C(C1CC=CCC1)N1CCC(N2C(=O)COC2=O)C1. The van der Waals surface area contributed by atoms with E-state index in [0.29, 0.717) is 19.5 Å². The predicted octanol–water partition coefficient (Wildman–Crippen LogP) is 0.922. The molecule has 2 atom stereocenters. The first-order valence-corrected chi connectivity index (χ1v) is 7.09. The molecule has 20 heavy (non-hydrogen) atoms. The van der Waals surface area contributed by atoms with Gasteiger partial charge in [-0.1, -0.05) is 12.2 Å². The van der Waals surface area contributed by atoms with Crippen LogP contribution in [0.1, 0.15) is 25.7 Å².